The van der Waals surface area contributed by atoms with Gasteiger partial charge in [0.25, 0.3) is 0 Å². The summed E-state index contributed by atoms with van der Waals surface area (Å²) >= 11 is 0. The quantitative estimate of drug-likeness (QED) is 0.497. The van der Waals surface area contributed by atoms with E-state index in [1.54, 1.807) is 26.2 Å². The van der Waals surface area contributed by atoms with Crippen molar-refractivity contribution in [3.63, 3.8) is 0 Å². The van der Waals surface area contributed by atoms with Crippen molar-refractivity contribution in [1.29, 1.82) is 0 Å². The van der Waals surface area contributed by atoms with E-state index in [1.165, 1.54) is 15.3 Å². The second kappa shape index (κ2) is 7.17. The number of sulfonamides is 1. The van der Waals surface area contributed by atoms with Crippen LogP contribution in [0.1, 0.15) is 11.1 Å². The van der Waals surface area contributed by atoms with E-state index in [0.29, 0.717) is 4.90 Å². The van der Waals surface area contributed by atoms with Gasteiger partial charge in [0.2, 0.25) is 10.0 Å². The van der Waals surface area contributed by atoms with Crippen molar-refractivity contribution >= 4 is 20.9 Å². The van der Waals surface area contributed by atoms with Crippen molar-refractivity contribution in [1.82, 2.24) is 9.29 Å². The second-order valence-corrected chi connectivity index (χ2v) is 9.67. The molecule has 0 spiro atoms. The molecule has 0 fully saturated rings. The molecule has 148 valence electrons. The summed E-state index contributed by atoms with van der Waals surface area (Å²) < 4.78 is 26.1. The Morgan fingerprint density at radius 1 is 0.828 bits per heavy atom. The zero-order chi connectivity index (χ0) is 20.8. The van der Waals surface area contributed by atoms with Gasteiger partial charge in [0.15, 0.2) is 0 Å². The molecule has 5 heteroatoms. The molecule has 1 aromatic heterocycles. The maximum Gasteiger partial charge on any atom is 0.242 e. The molecule has 0 aliphatic heterocycles. The van der Waals surface area contributed by atoms with Crippen LogP contribution in [0.4, 0.5) is 0 Å². The first-order valence-electron chi connectivity index (χ1n) is 9.50. The molecule has 0 bridgehead atoms. The Labute approximate surface area is 171 Å². The molecule has 1 N–H and O–H groups in total. The summed E-state index contributed by atoms with van der Waals surface area (Å²) in [5, 5.41) is 1.17. The van der Waals surface area contributed by atoms with Gasteiger partial charge in [0.05, 0.1) is 4.90 Å². The lowest BCUT2D eigenvalue weighted by atomic mass is 9.98. The maximum absolute atomic E-state index is 12.4. The standard InChI is InChI=1S/C24H24N2O2S/c1-16-14-20(29(27,28)26(3)4)11-12-21(16)19-10-13-23-22(15-19)17(2)24(25-23)18-8-6-5-7-9-18/h5-15,25H,1-4H3. The lowest BCUT2D eigenvalue weighted by molar-refractivity contribution is 0.520. The summed E-state index contributed by atoms with van der Waals surface area (Å²) in [6.07, 6.45) is 0. The molecule has 0 aliphatic carbocycles. The normalized spacial score (nSPS) is 12.0. The average Bonchev–Trinajstić information content (AvgIpc) is 3.04. The highest BCUT2D eigenvalue weighted by Gasteiger charge is 2.18. The number of aromatic amines is 1. The predicted octanol–water partition coefficient (Wildman–Crippen LogP) is 5.37. The molecule has 4 nitrogen and oxygen atoms in total. The van der Waals surface area contributed by atoms with Crippen molar-refractivity contribution in [2.75, 3.05) is 14.1 Å². The van der Waals surface area contributed by atoms with Crippen LogP contribution in [0.5, 0.6) is 0 Å². The molecule has 1 heterocycles. The maximum atomic E-state index is 12.4. The Kier molecular flexibility index (Phi) is 4.81. The van der Waals surface area contributed by atoms with Gasteiger partial charge in [0, 0.05) is 30.7 Å². The molecule has 0 atom stereocenters. The number of aryl methyl sites for hydroxylation is 2. The Morgan fingerprint density at radius 2 is 1.55 bits per heavy atom. The van der Waals surface area contributed by atoms with E-state index in [2.05, 4.69) is 42.2 Å². The van der Waals surface area contributed by atoms with Gasteiger partial charge in [0.1, 0.15) is 0 Å². The Morgan fingerprint density at radius 3 is 2.21 bits per heavy atom. The lowest BCUT2D eigenvalue weighted by Crippen LogP contribution is -2.22. The summed E-state index contributed by atoms with van der Waals surface area (Å²) in [4.78, 5) is 3.84. The van der Waals surface area contributed by atoms with Gasteiger partial charge < -0.3 is 4.98 Å². The monoisotopic (exact) mass is 404 g/mol. The fourth-order valence-corrected chi connectivity index (χ4v) is 4.71. The van der Waals surface area contributed by atoms with Crippen LogP contribution in [0.25, 0.3) is 33.3 Å². The zero-order valence-electron chi connectivity index (χ0n) is 17.0. The van der Waals surface area contributed by atoms with Gasteiger partial charge in [-0.05, 0) is 65.9 Å². The summed E-state index contributed by atoms with van der Waals surface area (Å²) in [5.41, 5.74) is 7.63. The summed E-state index contributed by atoms with van der Waals surface area (Å²) in [7, 11) is -0.344. The number of fused-ring (bicyclic) bond motifs is 1. The SMILES string of the molecule is Cc1cc(S(=O)(=O)N(C)C)ccc1-c1ccc2[nH]c(-c3ccccc3)c(C)c2c1. The highest BCUT2D eigenvalue weighted by atomic mass is 32.2. The van der Waals surface area contributed by atoms with Gasteiger partial charge in [-0.15, -0.1) is 0 Å². The fraction of sp³-hybridized carbons (Fsp3) is 0.167. The Balaban J connectivity index is 1.80. The van der Waals surface area contributed by atoms with Crippen molar-refractivity contribution in [3.8, 4) is 22.4 Å². The van der Waals surface area contributed by atoms with Crippen LogP contribution >= 0.6 is 0 Å². The molecule has 29 heavy (non-hydrogen) atoms. The molecule has 4 rings (SSSR count). The van der Waals surface area contributed by atoms with Crippen LogP contribution < -0.4 is 0 Å². The average molecular weight is 405 g/mol. The first kappa shape index (κ1) is 19.4. The third kappa shape index (κ3) is 3.37. The van der Waals surface area contributed by atoms with E-state index in [-0.39, 0.29) is 0 Å². The lowest BCUT2D eigenvalue weighted by Gasteiger charge is -2.14. The number of benzene rings is 3. The predicted molar refractivity (Wildman–Crippen MR) is 120 cm³/mol. The highest BCUT2D eigenvalue weighted by Crippen LogP contribution is 2.34. The molecular weight excluding hydrogens is 380 g/mol. The van der Waals surface area contributed by atoms with Crippen molar-refractivity contribution in [2.24, 2.45) is 0 Å². The Hall–Kier alpha value is -2.89. The molecule has 0 saturated carbocycles. The van der Waals surface area contributed by atoms with Gasteiger partial charge in [-0.1, -0.05) is 42.5 Å². The van der Waals surface area contributed by atoms with Gasteiger partial charge in [-0.25, -0.2) is 12.7 Å². The molecule has 3 aromatic carbocycles. The minimum atomic E-state index is -3.44. The van der Waals surface area contributed by atoms with Crippen LogP contribution in [-0.2, 0) is 10.0 Å². The number of aromatic nitrogens is 1. The van der Waals surface area contributed by atoms with E-state index >= 15 is 0 Å². The van der Waals surface area contributed by atoms with Crippen LogP contribution in [0.15, 0.2) is 71.6 Å². The number of hydrogen-bond donors (Lipinski definition) is 1. The molecule has 0 aliphatic rings. The summed E-state index contributed by atoms with van der Waals surface area (Å²) in [5.74, 6) is 0. The molecule has 0 radical (unpaired) electrons. The van der Waals surface area contributed by atoms with Crippen molar-refractivity contribution < 1.29 is 8.42 Å². The molecular formula is C24H24N2O2S. The van der Waals surface area contributed by atoms with Crippen molar-refractivity contribution in [3.05, 3.63) is 77.9 Å². The molecule has 0 saturated heterocycles. The number of rotatable bonds is 4. The first-order chi connectivity index (χ1) is 13.8. The first-order valence-corrected chi connectivity index (χ1v) is 10.9. The van der Waals surface area contributed by atoms with Crippen LogP contribution in [0.2, 0.25) is 0 Å². The largest absolute Gasteiger partial charge is 0.354 e. The van der Waals surface area contributed by atoms with E-state index < -0.39 is 10.0 Å². The number of hydrogen-bond acceptors (Lipinski definition) is 2. The second-order valence-electron chi connectivity index (χ2n) is 7.52. The zero-order valence-corrected chi connectivity index (χ0v) is 17.8. The number of nitrogens with zero attached hydrogens (tertiary/aromatic N) is 1. The third-order valence-corrected chi connectivity index (χ3v) is 7.22. The van der Waals surface area contributed by atoms with Crippen LogP contribution in [0, 0.1) is 13.8 Å². The Bertz CT molecular complexity index is 1300. The summed E-state index contributed by atoms with van der Waals surface area (Å²) in [6, 6.07) is 22.0. The topological polar surface area (TPSA) is 53.2 Å². The van der Waals surface area contributed by atoms with E-state index in [9.17, 15) is 8.42 Å². The van der Waals surface area contributed by atoms with Crippen LogP contribution in [-0.4, -0.2) is 31.8 Å². The smallest absolute Gasteiger partial charge is 0.242 e. The number of H-pyrrole nitrogens is 1. The highest BCUT2D eigenvalue weighted by molar-refractivity contribution is 7.89. The van der Waals surface area contributed by atoms with E-state index in [0.717, 1.165) is 33.5 Å². The van der Waals surface area contributed by atoms with Crippen molar-refractivity contribution in [2.45, 2.75) is 18.7 Å². The van der Waals surface area contributed by atoms with Crippen LogP contribution in [0.3, 0.4) is 0 Å². The van der Waals surface area contributed by atoms with Gasteiger partial charge in [-0.2, -0.15) is 0 Å². The van der Waals surface area contributed by atoms with Gasteiger partial charge in [-0.3, -0.25) is 0 Å². The minimum absolute atomic E-state index is 0.314. The molecule has 0 unspecified atom stereocenters. The molecule has 4 aromatic rings. The number of nitrogens with one attached hydrogen (secondary N) is 1. The van der Waals surface area contributed by atoms with E-state index in [1.807, 2.05) is 31.2 Å². The fourth-order valence-electron chi connectivity index (χ4n) is 3.72. The summed E-state index contributed by atoms with van der Waals surface area (Å²) in [6.45, 7) is 4.08. The van der Waals surface area contributed by atoms with Gasteiger partial charge >= 0.3 is 0 Å². The minimum Gasteiger partial charge on any atom is -0.354 e. The van der Waals surface area contributed by atoms with E-state index in [4.69, 9.17) is 0 Å². The third-order valence-electron chi connectivity index (χ3n) is 5.41. The molecule has 0 amide bonds.